The molecule has 2 aromatic carbocycles. The number of benzene rings is 2. The molecule has 1 aromatic heterocycles. The molecule has 0 aliphatic heterocycles. The van der Waals surface area contributed by atoms with Gasteiger partial charge in [0.25, 0.3) is 0 Å². The summed E-state index contributed by atoms with van der Waals surface area (Å²) in [6, 6.07) is 18.2. The van der Waals surface area contributed by atoms with Crippen LogP contribution in [-0.2, 0) is 21.4 Å². The van der Waals surface area contributed by atoms with Gasteiger partial charge in [-0.1, -0.05) is 23.7 Å². The Bertz CT molecular complexity index is 1110. The minimum atomic E-state index is -3.81. The lowest BCUT2D eigenvalue weighted by molar-refractivity contribution is -0.116. The van der Waals surface area contributed by atoms with E-state index in [1.54, 1.807) is 30.5 Å². The molecule has 9 heteroatoms. The first kappa shape index (κ1) is 21.8. The number of carbonyl (C=O) groups is 1. The van der Waals surface area contributed by atoms with Crippen LogP contribution in [0.25, 0.3) is 0 Å². The first-order valence-electron chi connectivity index (χ1n) is 8.99. The summed E-state index contributed by atoms with van der Waals surface area (Å²) in [7, 11) is -2.47. The molecule has 0 fully saturated rings. The zero-order valence-corrected chi connectivity index (χ0v) is 17.7. The van der Waals surface area contributed by atoms with Gasteiger partial charge in [-0.2, -0.15) is 4.31 Å². The molecule has 0 saturated heterocycles. The van der Waals surface area contributed by atoms with Crippen LogP contribution in [0.5, 0.6) is 5.75 Å². The van der Waals surface area contributed by atoms with Gasteiger partial charge in [0.05, 0.1) is 17.1 Å². The Hall–Kier alpha value is -2.94. The van der Waals surface area contributed by atoms with E-state index in [0.717, 1.165) is 10.00 Å². The SMILES string of the molecule is CN(CC(=O)Nc1cccc(OCc2ccccn2)c1)S(=O)(=O)c1ccc(Cl)cc1. The van der Waals surface area contributed by atoms with E-state index in [4.69, 9.17) is 16.3 Å². The van der Waals surface area contributed by atoms with Crippen molar-refractivity contribution in [3.05, 3.63) is 83.6 Å². The molecule has 3 rings (SSSR count). The number of hydrogen-bond acceptors (Lipinski definition) is 5. The maximum atomic E-state index is 12.6. The topological polar surface area (TPSA) is 88.6 Å². The van der Waals surface area contributed by atoms with Gasteiger partial charge in [0, 0.05) is 30.0 Å². The molecule has 0 radical (unpaired) electrons. The summed E-state index contributed by atoms with van der Waals surface area (Å²) < 4.78 is 31.8. The highest BCUT2D eigenvalue weighted by molar-refractivity contribution is 7.89. The molecule has 1 N–H and O–H groups in total. The summed E-state index contributed by atoms with van der Waals surface area (Å²) in [5, 5.41) is 3.11. The molecule has 0 saturated carbocycles. The summed E-state index contributed by atoms with van der Waals surface area (Å²) in [6.45, 7) is -0.0513. The number of rotatable bonds is 8. The molecule has 3 aromatic rings. The minimum Gasteiger partial charge on any atom is -0.487 e. The van der Waals surface area contributed by atoms with Gasteiger partial charge < -0.3 is 10.1 Å². The second-order valence-corrected chi connectivity index (χ2v) is 8.88. The standard InChI is InChI=1S/C21H20ClN3O4S/c1-25(30(27,28)20-10-8-16(22)9-11-20)14-21(26)24-17-6-4-7-19(13-17)29-15-18-5-2-3-12-23-18/h2-13H,14-15H2,1H3,(H,24,26). The van der Waals surface area contributed by atoms with Gasteiger partial charge in [-0.05, 0) is 48.5 Å². The molecule has 156 valence electrons. The Balaban J connectivity index is 1.59. The molecule has 1 heterocycles. The molecule has 0 spiro atoms. The van der Waals surface area contributed by atoms with Crippen LogP contribution in [0.15, 0.2) is 77.8 Å². The van der Waals surface area contributed by atoms with E-state index in [1.807, 2.05) is 18.2 Å². The summed E-state index contributed by atoms with van der Waals surface area (Å²) in [5.41, 5.74) is 1.27. The van der Waals surface area contributed by atoms with Crippen LogP contribution in [0.2, 0.25) is 5.02 Å². The summed E-state index contributed by atoms with van der Waals surface area (Å²) in [4.78, 5) is 16.6. The fraction of sp³-hybridized carbons (Fsp3) is 0.143. The fourth-order valence-electron chi connectivity index (χ4n) is 2.58. The van der Waals surface area contributed by atoms with Gasteiger partial charge in [-0.25, -0.2) is 8.42 Å². The van der Waals surface area contributed by atoms with Crippen LogP contribution in [0.1, 0.15) is 5.69 Å². The predicted molar refractivity (Wildman–Crippen MR) is 115 cm³/mol. The maximum Gasteiger partial charge on any atom is 0.243 e. The number of likely N-dealkylation sites (N-methyl/N-ethyl adjacent to an activating group) is 1. The smallest absolute Gasteiger partial charge is 0.243 e. The Morgan fingerprint density at radius 1 is 1.10 bits per heavy atom. The quantitative estimate of drug-likeness (QED) is 0.572. The second kappa shape index (κ2) is 9.71. The highest BCUT2D eigenvalue weighted by Crippen LogP contribution is 2.20. The number of nitrogens with one attached hydrogen (secondary N) is 1. The molecule has 0 aliphatic rings. The Labute approximate surface area is 180 Å². The number of hydrogen-bond donors (Lipinski definition) is 1. The Kier molecular flexibility index (Phi) is 7.04. The average molecular weight is 446 g/mol. The summed E-state index contributed by atoms with van der Waals surface area (Å²) in [6.07, 6.45) is 1.68. The summed E-state index contributed by atoms with van der Waals surface area (Å²) in [5.74, 6) is 0.0810. The van der Waals surface area contributed by atoms with Crippen LogP contribution in [-0.4, -0.2) is 37.2 Å². The first-order chi connectivity index (χ1) is 14.3. The van der Waals surface area contributed by atoms with Crippen molar-refractivity contribution in [3.63, 3.8) is 0 Å². The second-order valence-electron chi connectivity index (χ2n) is 6.40. The number of nitrogens with zero attached hydrogens (tertiary/aromatic N) is 2. The van der Waals surface area contributed by atoms with E-state index in [1.165, 1.54) is 31.3 Å². The predicted octanol–water partition coefficient (Wildman–Crippen LogP) is 3.57. The van der Waals surface area contributed by atoms with Crippen LogP contribution < -0.4 is 10.1 Å². The fourth-order valence-corrected chi connectivity index (χ4v) is 3.83. The number of carbonyl (C=O) groups excluding carboxylic acids is 1. The van der Waals surface area contributed by atoms with E-state index in [-0.39, 0.29) is 11.4 Å². The molecule has 1 amide bonds. The first-order valence-corrected chi connectivity index (χ1v) is 10.8. The lowest BCUT2D eigenvalue weighted by Crippen LogP contribution is -2.34. The maximum absolute atomic E-state index is 12.6. The van der Waals surface area contributed by atoms with Gasteiger partial charge in [0.2, 0.25) is 15.9 Å². The van der Waals surface area contributed by atoms with Crippen molar-refractivity contribution >= 4 is 33.2 Å². The lowest BCUT2D eigenvalue weighted by atomic mass is 10.3. The van der Waals surface area contributed by atoms with E-state index < -0.39 is 15.9 Å². The van der Waals surface area contributed by atoms with E-state index >= 15 is 0 Å². The van der Waals surface area contributed by atoms with Crippen LogP contribution in [0, 0.1) is 0 Å². The third-order valence-corrected chi connectivity index (χ3v) is 6.19. The Morgan fingerprint density at radius 2 is 1.87 bits per heavy atom. The molecular formula is C21H20ClN3O4S. The van der Waals surface area contributed by atoms with Crippen molar-refractivity contribution < 1.29 is 17.9 Å². The molecule has 0 unspecified atom stereocenters. The number of ether oxygens (including phenoxy) is 1. The van der Waals surface area contributed by atoms with Gasteiger partial charge >= 0.3 is 0 Å². The zero-order chi connectivity index (χ0) is 21.6. The van der Waals surface area contributed by atoms with Crippen LogP contribution >= 0.6 is 11.6 Å². The number of anilines is 1. The van der Waals surface area contributed by atoms with Crippen molar-refractivity contribution in [1.29, 1.82) is 0 Å². The Morgan fingerprint density at radius 3 is 2.57 bits per heavy atom. The highest BCUT2D eigenvalue weighted by Gasteiger charge is 2.23. The van der Waals surface area contributed by atoms with Crippen molar-refractivity contribution in [2.45, 2.75) is 11.5 Å². The molecule has 7 nitrogen and oxygen atoms in total. The number of aromatic nitrogens is 1. The molecule has 0 atom stereocenters. The summed E-state index contributed by atoms with van der Waals surface area (Å²) >= 11 is 5.80. The van der Waals surface area contributed by atoms with E-state index in [0.29, 0.717) is 23.1 Å². The molecule has 0 aliphatic carbocycles. The van der Waals surface area contributed by atoms with Crippen LogP contribution in [0.4, 0.5) is 5.69 Å². The number of pyridine rings is 1. The van der Waals surface area contributed by atoms with Gasteiger partial charge in [0.1, 0.15) is 12.4 Å². The van der Waals surface area contributed by atoms with E-state index in [2.05, 4.69) is 10.3 Å². The monoisotopic (exact) mass is 445 g/mol. The molecule has 0 bridgehead atoms. The third kappa shape index (κ3) is 5.79. The van der Waals surface area contributed by atoms with Gasteiger partial charge in [0.15, 0.2) is 0 Å². The van der Waals surface area contributed by atoms with Crippen molar-refractivity contribution in [2.75, 3.05) is 18.9 Å². The van der Waals surface area contributed by atoms with E-state index in [9.17, 15) is 13.2 Å². The third-order valence-electron chi connectivity index (χ3n) is 4.12. The van der Waals surface area contributed by atoms with Crippen molar-refractivity contribution in [2.24, 2.45) is 0 Å². The van der Waals surface area contributed by atoms with Crippen molar-refractivity contribution in [3.8, 4) is 5.75 Å². The average Bonchev–Trinajstić information content (AvgIpc) is 2.73. The lowest BCUT2D eigenvalue weighted by Gasteiger charge is -2.17. The normalized spacial score (nSPS) is 11.3. The number of amides is 1. The number of halogens is 1. The van der Waals surface area contributed by atoms with Gasteiger partial charge in [-0.3, -0.25) is 9.78 Å². The number of sulfonamides is 1. The molecule has 30 heavy (non-hydrogen) atoms. The zero-order valence-electron chi connectivity index (χ0n) is 16.2. The largest absolute Gasteiger partial charge is 0.487 e. The van der Waals surface area contributed by atoms with Crippen LogP contribution in [0.3, 0.4) is 0 Å². The van der Waals surface area contributed by atoms with Crippen molar-refractivity contribution in [1.82, 2.24) is 9.29 Å². The molecular weight excluding hydrogens is 426 g/mol. The highest BCUT2D eigenvalue weighted by atomic mass is 35.5. The minimum absolute atomic E-state index is 0.0621. The van der Waals surface area contributed by atoms with Gasteiger partial charge in [-0.15, -0.1) is 0 Å².